The maximum Gasteiger partial charge on any atom is 0.168 e. The SMILES string of the molecule is CC(C)CN1CCOC(CSc2ncc(CO)n2C)C1. The Hall–Kier alpha value is -0.560. The fraction of sp³-hybridized carbons (Fsp3) is 0.786. The highest BCUT2D eigenvalue weighted by Crippen LogP contribution is 2.21. The van der Waals surface area contributed by atoms with Crippen molar-refractivity contribution in [3.63, 3.8) is 0 Å². The third-order valence-corrected chi connectivity index (χ3v) is 4.62. The smallest absolute Gasteiger partial charge is 0.168 e. The molecule has 1 atom stereocenters. The zero-order valence-electron chi connectivity index (χ0n) is 12.6. The molecule has 6 heteroatoms. The normalized spacial score (nSPS) is 20.8. The van der Waals surface area contributed by atoms with E-state index in [1.807, 2.05) is 11.6 Å². The summed E-state index contributed by atoms with van der Waals surface area (Å²) in [6.45, 7) is 8.54. The first kappa shape index (κ1) is 15.8. The van der Waals surface area contributed by atoms with Crippen molar-refractivity contribution in [3.8, 4) is 0 Å². The molecular formula is C14H25N3O2S. The molecule has 0 spiro atoms. The Morgan fingerprint density at radius 1 is 1.55 bits per heavy atom. The number of morpholine rings is 1. The first-order valence-corrected chi connectivity index (χ1v) is 8.17. The fourth-order valence-corrected chi connectivity index (χ4v) is 3.41. The molecule has 20 heavy (non-hydrogen) atoms. The lowest BCUT2D eigenvalue weighted by atomic mass is 10.2. The highest BCUT2D eigenvalue weighted by atomic mass is 32.2. The van der Waals surface area contributed by atoms with Gasteiger partial charge in [-0.05, 0) is 5.92 Å². The Labute approximate surface area is 125 Å². The molecule has 1 aliphatic heterocycles. The number of aliphatic hydroxyl groups is 1. The summed E-state index contributed by atoms with van der Waals surface area (Å²) in [6, 6.07) is 0. The van der Waals surface area contributed by atoms with E-state index in [1.54, 1.807) is 18.0 Å². The van der Waals surface area contributed by atoms with Crippen LogP contribution in [0.4, 0.5) is 0 Å². The quantitative estimate of drug-likeness (QED) is 0.804. The third kappa shape index (κ3) is 4.22. The predicted molar refractivity (Wildman–Crippen MR) is 80.9 cm³/mol. The van der Waals surface area contributed by atoms with Gasteiger partial charge in [-0.2, -0.15) is 0 Å². The Bertz CT molecular complexity index is 423. The molecule has 0 bridgehead atoms. The molecular weight excluding hydrogens is 274 g/mol. The Morgan fingerprint density at radius 2 is 2.35 bits per heavy atom. The Balaban J connectivity index is 1.82. The van der Waals surface area contributed by atoms with E-state index >= 15 is 0 Å². The number of aromatic nitrogens is 2. The molecule has 1 aliphatic rings. The lowest BCUT2D eigenvalue weighted by Crippen LogP contribution is -2.44. The second-order valence-electron chi connectivity index (χ2n) is 5.71. The van der Waals surface area contributed by atoms with E-state index in [9.17, 15) is 0 Å². The van der Waals surface area contributed by atoms with Crippen LogP contribution in [0.2, 0.25) is 0 Å². The Morgan fingerprint density at radius 3 is 3.00 bits per heavy atom. The molecule has 1 aromatic heterocycles. The molecule has 1 fully saturated rings. The highest BCUT2D eigenvalue weighted by Gasteiger charge is 2.21. The summed E-state index contributed by atoms with van der Waals surface area (Å²) < 4.78 is 7.78. The summed E-state index contributed by atoms with van der Waals surface area (Å²) in [4.78, 5) is 6.82. The zero-order chi connectivity index (χ0) is 14.5. The molecule has 1 saturated heterocycles. The van der Waals surface area contributed by atoms with Crippen molar-refractivity contribution in [2.45, 2.75) is 31.7 Å². The second-order valence-corrected chi connectivity index (χ2v) is 6.69. The van der Waals surface area contributed by atoms with Crippen molar-refractivity contribution in [2.24, 2.45) is 13.0 Å². The molecule has 5 nitrogen and oxygen atoms in total. The highest BCUT2D eigenvalue weighted by molar-refractivity contribution is 7.99. The fourth-order valence-electron chi connectivity index (χ4n) is 2.44. The minimum absolute atomic E-state index is 0.0339. The molecule has 1 unspecified atom stereocenters. The minimum atomic E-state index is 0.0339. The van der Waals surface area contributed by atoms with E-state index in [0.29, 0.717) is 5.92 Å². The van der Waals surface area contributed by atoms with Crippen molar-refractivity contribution < 1.29 is 9.84 Å². The van der Waals surface area contributed by atoms with Crippen molar-refractivity contribution in [3.05, 3.63) is 11.9 Å². The number of hydrogen-bond acceptors (Lipinski definition) is 5. The van der Waals surface area contributed by atoms with Crippen molar-refractivity contribution in [1.82, 2.24) is 14.5 Å². The molecule has 2 heterocycles. The van der Waals surface area contributed by atoms with Crippen LogP contribution < -0.4 is 0 Å². The van der Waals surface area contributed by atoms with Gasteiger partial charge in [-0.15, -0.1) is 0 Å². The molecule has 0 amide bonds. The molecule has 1 aromatic rings. The summed E-state index contributed by atoms with van der Waals surface area (Å²) in [5, 5.41) is 10.1. The molecule has 2 rings (SSSR count). The van der Waals surface area contributed by atoms with Crippen LogP contribution in [-0.4, -0.2) is 57.7 Å². The summed E-state index contributed by atoms with van der Waals surface area (Å²) in [5.41, 5.74) is 0.846. The van der Waals surface area contributed by atoms with Crippen LogP contribution >= 0.6 is 11.8 Å². The molecule has 0 aliphatic carbocycles. The van der Waals surface area contributed by atoms with Gasteiger partial charge in [0.05, 0.1) is 31.2 Å². The van der Waals surface area contributed by atoms with Crippen molar-refractivity contribution >= 4 is 11.8 Å². The van der Waals surface area contributed by atoms with Gasteiger partial charge in [-0.25, -0.2) is 4.98 Å². The average Bonchev–Trinajstić information content (AvgIpc) is 2.76. The number of ether oxygens (including phenoxy) is 1. The van der Waals surface area contributed by atoms with Gasteiger partial charge in [0, 0.05) is 32.4 Å². The van der Waals surface area contributed by atoms with Crippen LogP contribution in [-0.2, 0) is 18.4 Å². The van der Waals surface area contributed by atoms with Gasteiger partial charge in [-0.3, -0.25) is 4.90 Å². The van der Waals surface area contributed by atoms with Gasteiger partial charge in [0.2, 0.25) is 0 Å². The number of hydrogen-bond donors (Lipinski definition) is 1. The van der Waals surface area contributed by atoms with E-state index in [2.05, 4.69) is 23.7 Å². The van der Waals surface area contributed by atoms with E-state index in [-0.39, 0.29) is 12.7 Å². The zero-order valence-corrected chi connectivity index (χ0v) is 13.4. The van der Waals surface area contributed by atoms with E-state index in [0.717, 1.165) is 42.8 Å². The maximum absolute atomic E-state index is 9.17. The van der Waals surface area contributed by atoms with Gasteiger partial charge in [-0.1, -0.05) is 25.6 Å². The summed E-state index contributed by atoms with van der Waals surface area (Å²) in [6.07, 6.45) is 2.00. The van der Waals surface area contributed by atoms with E-state index < -0.39 is 0 Å². The van der Waals surface area contributed by atoms with Crippen LogP contribution in [0.3, 0.4) is 0 Å². The molecule has 0 radical (unpaired) electrons. The van der Waals surface area contributed by atoms with Crippen LogP contribution in [0.1, 0.15) is 19.5 Å². The molecule has 0 saturated carbocycles. The Kier molecular flexibility index (Phi) is 5.89. The number of rotatable bonds is 6. The van der Waals surface area contributed by atoms with Gasteiger partial charge in [0.1, 0.15) is 0 Å². The third-order valence-electron chi connectivity index (χ3n) is 3.45. The van der Waals surface area contributed by atoms with Crippen LogP contribution in [0.15, 0.2) is 11.4 Å². The lowest BCUT2D eigenvalue weighted by Gasteiger charge is -2.33. The minimum Gasteiger partial charge on any atom is -0.390 e. The van der Waals surface area contributed by atoms with Gasteiger partial charge in [0.25, 0.3) is 0 Å². The number of imidazole rings is 1. The monoisotopic (exact) mass is 299 g/mol. The van der Waals surface area contributed by atoms with Crippen molar-refractivity contribution in [2.75, 3.05) is 32.0 Å². The largest absolute Gasteiger partial charge is 0.390 e. The second kappa shape index (κ2) is 7.45. The first-order valence-electron chi connectivity index (χ1n) is 7.18. The predicted octanol–water partition coefficient (Wildman–Crippen LogP) is 1.36. The lowest BCUT2D eigenvalue weighted by molar-refractivity contribution is -0.0191. The number of thioether (sulfide) groups is 1. The summed E-state index contributed by atoms with van der Waals surface area (Å²) >= 11 is 1.70. The molecule has 0 aromatic carbocycles. The standard InChI is InChI=1S/C14H25N3O2S/c1-11(2)7-17-4-5-19-13(8-17)10-20-14-15-6-12(9-18)16(14)3/h6,11,13,18H,4-5,7-10H2,1-3H3. The van der Waals surface area contributed by atoms with E-state index in [1.165, 1.54) is 0 Å². The topological polar surface area (TPSA) is 50.5 Å². The van der Waals surface area contributed by atoms with Crippen LogP contribution in [0.5, 0.6) is 0 Å². The number of aliphatic hydroxyl groups excluding tert-OH is 1. The first-order chi connectivity index (χ1) is 9.60. The number of nitrogens with zero attached hydrogens (tertiary/aromatic N) is 3. The summed E-state index contributed by atoms with van der Waals surface area (Å²) in [7, 11) is 1.94. The molecule has 114 valence electrons. The van der Waals surface area contributed by atoms with Gasteiger partial charge < -0.3 is 14.4 Å². The van der Waals surface area contributed by atoms with Crippen LogP contribution in [0.25, 0.3) is 0 Å². The summed E-state index contributed by atoms with van der Waals surface area (Å²) in [5.74, 6) is 1.60. The average molecular weight is 299 g/mol. The van der Waals surface area contributed by atoms with E-state index in [4.69, 9.17) is 9.84 Å². The van der Waals surface area contributed by atoms with Crippen LogP contribution in [0, 0.1) is 5.92 Å². The van der Waals surface area contributed by atoms with Gasteiger partial charge >= 0.3 is 0 Å². The van der Waals surface area contributed by atoms with Gasteiger partial charge in [0.15, 0.2) is 5.16 Å². The maximum atomic E-state index is 9.17. The molecule has 1 N–H and O–H groups in total. The van der Waals surface area contributed by atoms with Crippen molar-refractivity contribution in [1.29, 1.82) is 0 Å².